The lowest BCUT2D eigenvalue weighted by Crippen LogP contribution is -2.32. The monoisotopic (exact) mass is 285 g/mol. The zero-order valence-corrected chi connectivity index (χ0v) is 10.9. The van der Waals surface area contributed by atoms with Crippen molar-refractivity contribution >= 4 is 21.7 Å². The Balaban J connectivity index is 2.47. The minimum atomic E-state index is -0.427. The van der Waals surface area contributed by atoms with Gasteiger partial charge in [0.25, 0.3) is 0 Å². The minimum Gasteiger partial charge on any atom is -0.385 e. The number of benzene rings is 1. The largest absolute Gasteiger partial charge is 0.385 e. The van der Waals surface area contributed by atoms with Gasteiger partial charge in [-0.2, -0.15) is 0 Å². The van der Waals surface area contributed by atoms with Gasteiger partial charge >= 0.3 is 0 Å². The van der Waals surface area contributed by atoms with E-state index in [0.717, 1.165) is 10.0 Å². The molecule has 1 rings (SSSR count). The van der Waals surface area contributed by atoms with Crippen LogP contribution in [-0.2, 0) is 16.0 Å². The summed E-state index contributed by atoms with van der Waals surface area (Å²) in [6.45, 7) is 0.521. The highest BCUT2D eigenvalue weighted by atomic mass is 79.9. The predicted molar refractivity (Wildman–Crippen MR) is 67.3 cm³/mol. The lowest BCUT2D eigenvalue weighted by molar-refractivity contribution is -0.120. The molecule has 1 unspecified atom stereocenters. The number of carbonyl (C=O) groups excluding carboxylic acids is 1. The van der Waals surface area contributed by atoms with Gasteiger partial charge in [0.15, 0.2) is 5.78 Å². The predicted octanol–water partition coefficient (Wildman–Crippen LogP) is 1.92. The number of hydrogen-bond donors (Lipinski definition) is 1. The molecule has 4 heteroatoms. The molecule has 0 aliphatic heterocycles. The van der Waals surface area contributed by atoms with Crippen LogP contribution in [0.1, 0.15) is 12.0 Å². The molecular formula is C12H16BrNO2. The fourth-order valence-electron chi connectivity index (χ4n) is 1.34. The van der Waals surface area contributed by atoms with Crippen molar-refractivity contribution in [2.24, 2.45) is 5.73 Å². The molecule has 0 radical (unpaired) electrons. The van der Waals surface area contributed by atoms with Crippen LogP contribution >= 0.6 is 15.9 Å². The number of Topliss-reactive ketones (excluding diaryl/α,β-unsaturated/α-hetero) is 1. The van der Waals surface area contributed by atoms with E-state index in [1.165, 1.54) is 0 Å². The Kier molecular flexibility index (Phi) is 5.66. The van der Waals surface area contributed by atoms with E-state index in [2.05, 4.69) is 15.9 Å². The molecule has 1 aromatic carbocycles. The highest BCUT2D eigenvalue weighted by Crippen LogP contribution is 2.11. The average molecular weight is 286 g/mol. The summed E-state index contributed by atoms with van der Waals surface area (Å²) >= 11 is 3.35. The van der Waals surface area contributed by atoms with Gasteiger partial charge in [-0.25, -0.2) is 0 Å². The third-order valence-corrected chi connectivity index (χ3v) is 2.87. The number of ketones is 1. The van der Waals surface area contributed by atoms with E-state index in [1.54, 1.807) is 7.11 Å². The smallest absolute Gasteiger partial charge is 0.153 e. The Hall–Kier alpha value is -0.710. The molecule has 0 fully saturated rings. The first-order valence-electron chi connectivity index (χ1n) is 5.15. The van der Waals surface area contributed by atoms with Crippen molar-refractivity contribution in [3.63, 3.8) is 0 Å². The molecule has 3 nitrogen and oxygen atoms in total. The van der Waals surface area contributed by atoms with E-state index in [-0.39, 0.29) is 5.78 Å². The molecule has 0 saturated carbocycles. The minimum absolute atomic E-state index is 0.0550. The summed E-state index contributed by atoms with van der Waals surface area (Å²) < 4.78 is 5.90. The van der Waals surface area contributed by atoms with E-state index in [1.807, 2.05) is 24.3 Å². The first-order chi connectivity index (χ1) is 7.63. The molecule has 0 aliphatic carbocycles. The van der Waals surface area contributed by atoms with Gasteiger partial charge in [0.05, 0.1) is 6.04 Å². The molecule has 1 atom stereocenters. The number of carbonyl (C=O) groups is 1. The summed E-state index contributed by atoms with van der Waals surface area (Å²) in [5, 5.41) is 0. The molecular weight excluding hydrogens is 270 g/mol. The average Bonchev–Trinajstić information content (AvgIpc) is 2.29. The number of nitrogens with two attached hydrogens (primary N) is 1. The summed E-state index contributed by atoms with van der Waals surface area (Å²) in [6.07, 6.45) is 0.962. The van der Waals surface area contributed by atoms with E-state index >= 15 is 0 Å². The maximum absolute atomic E-state index is 11.7. The van der Waals surface area contributed by atoms with Gasteiger partial charge < -0.3 is 10.5 Å². The normalized spacial score (nSPS) is 12.4. The number of hydrogen-bond acceptors (Lipinski definition) is 3. The van der Waals surface area contributed by atoms with Crippen LogP contribution in [0.5, 0.6) is 0 Å². The lowest BCUT2D eigenvalue weighted by Gasteiger charge is -2.09. The Morgan fingerprint density at radius 2 is 2.06 bits per heavy atom. The van der Waals surface area contributed by atoms with Crippen LogP contribution in [0.2, 0.25) is 0 Å². The maximum Gasteiger partial charge on any atom is 0.153 e. The van der Waals surface area contributed by atoms with E-state index in [4.69, 9.17) is 10.5 Å². The van der Waals surface area contributed by atoms with Gasteiger partial charge in [0.1, 0.15) is 0 Å². The Morgan fingerprint density at radius 1 is 1.44 bits per heavy atom. The Bertz CT molecular complexity index is 337. The molecule has 0 amide bonds. The zero-order valence-electron chi connectivity index (χ0n) is 9.28. The first kappa shape index (κ1) is 13.4. The van der Waals surface area contributed by atoms with Crippen molar-refractivity contribution in [2.75, 3.05) is 13.7 Å². The van der Waals surface area contributed by atoms with E-state index in [0.29, 0.717) is 19.4 Å². The molecule has 0 saturated heterocycles. The topological polar surface area (TPSA) is 52.3 Å². The van der Waals surface area contributed by atoms with Crippen molar-refractivity contribution in [3.8, 4) is 0 Å². The zero-order chi connectivity index (χ0) is 12.0. The van der Waals surface area contributed by atoms with Crippen LogP contribution < -0.4 is 5.73 Å². The Morgan fingerprint density at radius 3 is 2.62 bits per heavy atom. The number of rotatable bonds is 6. The van der Waals surface area contributed by atoms with Crippen LogP contribution in [0.15, 0.2) is 28.7 Å². The summed E-state index contributed by atoms with van der Waals surface area (Å²) in [5.41, 5.74) is 6.73. The van der Waals surface area contributed by atoms with Crippen LogP contribution in [0, 0.1) is 0 Å². The van der Waals surface area contributed by atoms with Crippen LogP contribution in [-0.4, -0.2) is 25.5 Å². The first-order valence-corrected chi connectivity index (χ1v) is 5.94. The van der Waals surface area contributed by atoms with Crippen molar-refractivity contribution in [2.45, 2.75) is 18.9 Å². The van der Waals surface area contributed by atoms with E-state index < -0.39 is 6.04 Å². The molecule has 0 heterocycles. The molecule has 0 aliphatic rings. The fraction of sp³-hybridized carbons (Fsp3) is 0.417. The molecule has 0 spiro atoms. The molecule has 16 heavy (non-hydrogen) atoms. The summed E-state index contributed by atoms with van der Waals surface area (Å²) in [5.74, 6) is 0.0550. The van der Waals surface area contributed by atoms with Crippen LogP contribution in [0.25, 0.3) is 0 Å². The second-order valence-electron chi connectivity index (χ2n) is 3.66. The standard InChI is InChI=1S/C12H16BrNO2/c1-16-7-6-11(14)12(15)8-9-2-4-10(13)5-3-9/h2-5,11H,6-8,14H2,1H3. The van der Waals surface area contributed by atoms with Gasteiger partial charge in [0, 0.05) is 24.6 Å². The molecule has 0 aromatic heterocycles. The number of methoxy groups -OCH3 is 1. The third kappa shape index (κ3) is 4.43. The molecule has 2 N–H and O–H groups in total. The maximum atomic E-state index is 11.7. The van der Waals surface area contributed by atoms with Gasteiger partial charge in [-0.1, -0.05) is 28.1 Å². The highest BCUT2D eigenvalue weighted by molar-refractivity contribution is 9.10. The summed E-state index contributed by atoms with van der Waals surface area (Å²) in [4.78, 5) is 11.7. The van der Waals surface area contributed by atoms with Gasteiger partial charge in [-0.15, -0.1) is 0 Å². The summed E-state index contributed by atoms with van der Waals surface area (Å²) in [7, 11) is 1.60. The second-order valence-corrected chi connectivity index (χ2v) is 4.57. The SMILES string of the molecule is COCCC(N)C(=O)Cc1ccc(Br)cc1. The molecule has 0 bridgehead atoms. The second kappa shape index (κ2) is 6.78. The van der Waals surface area contributed by atoms with Gasteiger partial charge in [0.2, 0.25) is 0 Å². The van der Waals surface area contributed by atoms with Crippen molar-refractivity contribution in [1.29, 1.82) is 0 Å². The fourth-order valence-corrected chi connectivity index (χ4v) is 1.60. The van der Waals surface area contributed by atoms with Crippen molar-refractivity contribution in [1.82, 2.24) is 0 Å². The number of halogens is 1. The van der Waals surface area contributed by atoms with Gasteiger partial charge in [-0.05, 0) is 24.1 Å². The third-order valence-electron chi connectivity index (χ3n) is 2.34. The summed E-state index contributed by atoms with van der Waals surface area (Å²) in [6, 6.07) is 7.26. The van der Waals surface area contributed by atoms with E-state index in [9.17, 15) is 4.79 Å². The van der Waals surface area contributed by atoms with Crippen molar-refractivity contribution in [3.05, 3.63) is 34.3 Å². The van der Waals surface area contributed by atoms with Crippen LogP contribution in [0.4, 0.5) is 0 Å². The molecule has 88 valence electrons. The van der Waals surface area contributed by atoms with Crippen LogP contribution in [0.3, 0.4) is 0 Å². The quantitative estimate of drug-likeness (QED) is 0.869. The Labute approximate surface area is 104 Å². The van der Waals surface area contributed by atoms with Gasteiger partial charge in [-0.3, -0.25) is 4.79 Å². The van der Waals surface area contributed by atoms with Crippen molar-refractivity contribution < 1.29 is 9.53 Å². The highest BCUT2D eigenvalue weighted by Gasteiger charge is 2.13. The number of ether oxygens (including phenoxy) is 1. The lowest BCUT2D eigenvalue weighted by atomic mass is 10.0. The molecule has 1 aromatic rings.